The van der Waals surface area contributed by atoms with Crippen molar-refractivity contribution < 1.29 is 0 Å². The quantitative estimate of drug-likeness (QED) is 0.910. The molecule has 2 aliphatic rings. The van der Waals surface area contributed by atoms with Gasteiger partial charge in [0.25, 0.3) is 0 Å². The van der Waals surface area contributed by atoms with Gasteiger partial charge in [0.2, 0.25) is 0 Å². The van der Waals surface area contributed by atoms with Crippen molar-refractivity contribution in [2.75, 3.05) is 7.05 Å². The van der Waals surface area contributed by atoms with Gasteiger partial charge in [0.1, 0.15) is 5.01 Å². The summed E-state index contributed by atoms with van der Waals surface area (Å²) in [4.78, 5) is 7.22. The second-order valence-electron chi connectivity index (χ2n) is 6.18. The third-order valence-electron chi connectivity index (χ3n) is 4.56. The summed E-state index contributed by atoms with van der Waals surface area (Å²) in [5, 5.41) is 7.24. The summed E-state index contributed by atoms with van der Waals surface area (Å²) in [6, 6.07) is 1.98. The second-order valence-corrected chi connectivity index (χ2v) is 7.07. The highest BCUT2D eigenvalue weighted by Crippen LogP contribution is 2.45. The average Bonchev–Trinajstić information content (AvgIpc) is 2.89. The molecule has 4 heteroatoms. The molecule has 2 unspecified atom stereocenters. The van der Waals surface area contributed by atoms with Crippen LogP contribution in [0.1, 0.15) is 44.5 Å². The van der Waals surface area contributed by atoms with Gasteiger partial charge in [-0.3, -0.25) is 0 Å². The van der Waals surface area contributed by atoms with Crippen LogP contribution in [0.15, 0.2) is 11.6 Å². The Bertz CT molecular complexity index is 387. The topological polar surface area (TPSA) is 28.2 Å². The zero-order chi connectivity index (χ0) is 12.8. The third kappa shape index (κ3) is 2.00. The summed E-state index contributed by atoms with van der Waals surface area (Å²) >= 11 is 1.81. The number of thiazole rings is 1. The van der Waals surface area contributed by atoms with Gasteiger partial charge in [-0.2, -0.15) is 0 Å². The van der Waals surface area contributed by atoms with Gasteiger partial charge in [-0.25, -0.2) is 4.98 Å². The van der Waals surface area contributed by atoms with Gasteiger partial charge >= 0.3 is 0 Å². The van der Waals surface area contributed by atoms with Crippen LogP contribution in [0, 0.1) is 0 Å². The number of rotatable bonds is 3. The highest BCUT2D eigenvalue weighted by molar-refractivity contribution is 7.09. The largest absolute Gasteiger partial charge is 0.303 e. The summed E-state index contributed by atoms with van der Waals surface area (Å²) < 4.78 is 0. The van der Waals surface area contributed by atoms with Crippen molar-refractivity contribution in [3.05, 3.63) is 16.6 Å². The van der Waals surface area contributed by atoms with Crippen molar-refractivity contribution in [3.8, 4) is 0 Å². The fraction of sp³-hybridized carbons (Fsp3) is 0.786. The van der Waals surface area contributed by atoms with E-state index in [-0.39, 0.29) is 5.54 Å². The Balaban J connectivity index is 1.92. The summed E-state index contributed by atoms with van der Waals surface area (Å²) in [5.41, 5.74) is 0.126. The van der Waals surface area contributed by atoms with E-state index in [1.54, 1.807) is 0 Å². The van der Waals surface area contributed by atoms with Gasteiger partial charge < -0.3 is 10.2 Å². The molecule has 0 amide bonds. The minimum absolute atomic E-state index is 0.126. The Labute approximate surface area is 114 Å². The lowest BCUT2D eigenvalue weighted by Gasteiger charge is -2.45. The SMILES string of the molecule is CC(C)NC1(c2nccs2)CC2CCC(C1)N2C. The Morgan fingerprint density at radius 2 is 2.06 bits per heavy atom. The van der Waals surface area contributed by atoms with Crippen LogP contribution in [0.25, 0.3) is 0 Å². The van der Waals surface area contributed by atoms with Crippen LogP contribution in [-0.4, -0.2) is 35.1 Å². The van der Waals surface area contributed by atoms with Gasteiger partial charge in [0, 0.05) is 29.7 Å². The van der Waals surface area contributed by atoms with Crippen LogP contribution in [0.3, 0.4) is 0 Å². The minimum atomic E-state index is 0.126. The maximum Gasteiger partial charge on any atom is 0.113 e. The number of aromatic nitrogens is 1. The lowest BCUT2D eigenvalue weighted by Crippen LogP contribution is -2.56. The van der Waals surface area contributed by atoms with Gasteiger partial charge in [0.05, 0.1) is 5.54 Å². The maximum atomic E-state index is 4.62. The molecule has 3 nitrogen and oxygen atoms in total. The van der Waals surface area contributed by atoms with Gasteiger partial charge in [0.15, 0.2) is 0 Å². The van der Waals surface area contributed by atoms with Crippen molar-refractivity contribution >= 4 is 11.3 Å². The predicted molar refractivity (Wildman–Crippen MR) is 75.9 cm³/mol. The molecule has 1 N–H and O–H groups in total. The zero-order valence-electron chi connectivity index (χ0n) is 11.5. The number of hydrogen-bond acceptors (Lipinski definition) is 4. The molecule has 1 aromatic rings. The summed E-state index contributed by atoms with van der Waals surface area (Å²) in [7, 11) is 2.30. The van der Waals surface area contributed by atoms with E-state index in [9.17, 15) is 0 Å². The van der Waals surface area contributed by atoms with Crippen molar-refractivity contribution in [1.82, 2.24) is 15.2 Å². The predicted octanol–water partition coefficient (Wildman–Crippen LogP) is 2.59. The first-order valence-electron chi connectivity index (χ1n) is 7.00. The van der Waals surface area contributed by atoms with E-state index in [0.717, 1.165) is 12.1 Å². The molecule has 2 saturated heterocycles. The summed E-state index contributed by atoms with van der Waals surface area (Å²) in [6.07, 6.45) is 7.09. The molecule has 2 bridgehead atoms. The molecular weight excluding hydrogens is 242 g/mol. The molecule has 0 aromatic carbocycles. The molecule has 2 atom stereocenters. The van der Waals surface area contributed by atoms with E-state index in [0.29, 0.717) is 6.04 Å². The number of fused-ring (bicyclic) bond motifs is 2. The van der Waals surface area contributed by atoms with Crippen LogP contribution in [0.5, 0.6) is 0 Å². The summed E-state index contributed by atoms with van der Waals surface area (Å²) in [6.45, 7) is 4.49. The molecule has 0 aliphatic carbocycles. The molecule has 100 valence electrons. The van der Waals surface area contributed by atoms with Crippen LogP contribution in [0.2, 0.25) is 0 Å². The molecule has 2 aliphatic heterocycles. The Morgan fingerprint density at radius 3 is 2.56 bits per heavy atom. The van der Waals surface area contributed by atoms with E-state index in [2.05, 4.69) is 41.5 Å². The van der Waals surface area contributed by atoms with Crippen LogP contribution in [0.4, 0.5) is 0 Å². The first kappa shape index (κ1) is 12.6. The molecule has 18 heavy (non-hydrogen) atoms. The van der Waals surface area contributed by atoms with Crippen molar-refractivity contribution in [2.24, 2.45) is 0 Å². The highest BCUT2D eigenvalue weighted by Gasteiger charge is 2.49. The third-order valence-corrected chi connectivity index (χ3v) is 5.54. The second kappa shape index (κ2) is 4.58. The van der Waals surface area contributed by atoms with Crippen LogP contribution in [-0.2, 0) is 5.54 Å². The molecule has 0 saturated carbocycles. The van der Waals surface area contributed by atoms with Crippen LogP contribution >= 0.6 is 11.3 Å². The molecule has 0 spiro atoms. The smallest absolute Gasteiger partial charge is 0.113 e. The molecule has 0 radical (unpaired) electrons. The average molecular weight is 265 g/mol. The highest BCUT2D eigenvalue weighted by atomic mass is 32.1. The molecular formula is C14H23N3S. The first-order chi connectivity index (χ1) is 8.61. The minimum Gasteiger partial charge on any atom is -0.303 e. The molecule has 3 rings (SSSR count). The zero-order valence-corrected chi connectivity index (χ0v) is 12.3. The molecule has 2 fully saturated rings. The van der Waals surface area contributed by atoms with E-state index in [1.807, 2.05) is 17.5 Å². The van der Waals surface area contributed by atoms with Crippen molar-refractivity contribution in [2.45, 2.75) is 63.2 Å². The van der Waals surface area contributed by atoms with Gasteiger partial charge in [-0.05, 0) is 46.6 Å². The van der Waals surface area contributed by atoms with E-state index >= 15 is 0 Å². The van der Waals surface area contributed by atoms with Crippen LogP contribution < -0.4 is 5.32 Å². The Kier molecular flexibility index (Phi) is 3.20. The van der Waals surface area contributed by atoms with Gasteiger partial charge in [-0.15, -0.1) is 11.3 Å². The van der Waals surface area contributed by atoms with Crippen molar-refractivity contribution in [1.29, 1.82) is 0 Å². The lowest BCUT2D eigenvalue weighted by atomic mass is 9.82. The fourth-order valence-corrected chi connectivity index (χ4v) is 4.66. The van der Waals surface area contributed by atoms with E-state index in [4.69, 9.17) is 0 Å². The Morgan fingerprint density at radius 1 is 1.39 bits per heavy atom. The number of hydrogen-bond donors (Lipinski definition) is 1. The number of nitrogens with one attached hydrogen (secondary N) is 1. The monoisotopic (exact) mass is 265 g/mol. The first-order valence-corrected chi connectivity index (χ1v) is 7.88. The van der Waals surface area contributed by atoms with E-state index in [1.165, 1.54) is 30.7 Å². The summed E-state index contributed by atoms with van der Waals surface area (Å²) in [5.74, 6) is 0. The fourth-order valence-electron chi connectivity index (χ4n) is 3.84. The normalized spacial score (nSPS) is 36.4. The lowest BCUT2D eigenvalue weighted by molar-refractivity contribution is 0.0830. The van der Waals surface area contributed by atoms with E-state index < -0.39 is 0 Å². The van der Waals surface area contributed by atoms with Crippen molar-refractivity contribution in [3.63, 3.8) is 0 Å². The standard InChI is InChI=1S/C14H23N3S/c1-10(2)16-14(13-15-6-7-18-13)8-11-4-5-12(9-14)17(11)3/h6-7,10-12,16H,4-5,8-9H2,1-3H3. The number of piperidine rings is 1. The Hall–Kier alpha value is -0.450. The maximum absolute atomic E-state index is 4.62. The molecule has 3 heterocycles. The number of nitrogens with zero attached hydrogens (tertiary/aromatic N) is 2. The molecule has 1 aromatic heterocycles. The van der Waals surface area contributed by atoms with Gasteiger partial charge in [-0.1, -0.05) is 0 Å².